The van der Waals surface area contributed by atoms with E-state index < -0.39 is 10.0 Å². The van der Waals surface area contributed by atoms with Crippen molar-refractivity contribution in [3.8, 4) is 0 Å². The van der Waals surface area contributed by atoms with Crippen LogP contribution in [-0.2, 0) is 10.0 Å². The van der Waals surface area contributed by atoms with Gasteiger partial charge in [0, 0.05) is 38.3 Å². The van der Waals surface area contributed by atoms with E-state index in [4.69, 9.17) is 5.73 Å². The fourth-order valence-corrected chi connectivity index (χ4v) is 5.27. The molecule has 0 atom stereocenters. The highest BCUT2D eigenvalue weighted by molar-refractivity contribution is 7.89. The predicted molar refractivity (Wildman–Crippen MR) is 82.1 cm³/mol. The Labute approximate surface area is 123 Å². The van der Waals surface area contributed by atoms with Crippen molar-refractivity contribution in [1.29, 1.82) is 0 Å². The van der Waals surface area contributed by atoms with Crippen LogP contribution in [0.5, 0.6) is 0 Å². The van der Waals surface area contributed by atoms with Crippen LogP contribution in [0.4, 0.5) is 0 Å². The number of nitrogens with zero attached hydrogens (tertiary/aromatic N) is 2. The van der Waals surface area contributed by atoms with Crippen molar-refractivity contribution >= 4 is 10.0 Å². The Morgan fingerprint density at radius 2 is 1.60 bits per heavy atom. The Hall–Kier alpha value is -0.170. The van der Waals surface area contributed by atoms with E-state index in [1.807, 2.05) is 0 Å². The zero-order valence-corrected chi connectivity index (χ0v) is 13.7. The molecule has 0 unspecified atom stereocenters. The largest absolute Gasteiger partial charge is 0.329 e. The van der Waals surface area contributed by atoms with Crippen LogP contribution in [-0.4, -0.2) is 61.1 Å². The molecule has 1 aliphatic carbocycles. The summed E-state index contributed by atoms with van der Waals surface area (Å²) < 4.78 is 27.0. The second-order valence-corrected chi connectivity index (χ2v) is 8.92. The molecular formula is C14H29N3O2S. The molecule has 20 heavy (non-hydrogen) atoms. The Balaban J connectivity index is 1.96. The van der Waals surface area contributed by atoms with Crippen LogP contribution in [0, 0.1) is 0 Å². The second kappa shape index (κ2) is 6.30. The van der Waals surface area contributed by atoms with E-state index in [1.165, 1.54) is 6.42 Å². The molecule has 1 saturated carbocycles. The molecule has 0 spiro atoms. The molecular weight excluding hydrogens is 274 g/mol. The van der Waals surface area contributed by atoms with Crippen molar-refractivity contribution in [2.24, 2.45) is 5.73 Å². The third kappa shape index (κ3) is 3.35. The summed E-state index contributed by atoms with van der Waals surface area (Å²) in [5.41, 5.74) is 5.76. The van der Waals surface area contributed by atoms with Gasteiger partial charge in [0.1, 0.15) is 0 Å². The maximum absolute atomic E-state index is 12.6. The minimum atomic E-state index is -3.09. The molecule has 1 saturated heterocycles. The molecule has 2 fully saturated rings. The van der Waals surface area contributed by atoms with E-state index in [0.29, 0.717) is 19.6 Å². The summed E-state index contributed by atoms with van der Waals surface area (Å²) in [6, 6.07) is 0. The van der Waals surface area contributed by atoms with Crippen LogP contribution in [0.25, 0.3) is 0 Å². The summed E-state index contributed by atoms with van der Waals surface area (Å²) in [5, 5.41) is -0.134. The monoisotopic (exact) mass is 303 g/mol. The molecule has 0 radical (unpaired) electrons. The first-order chi connectivity index (χ1) is 9.38. The van der Waals surface area contributed by atoms with Gasteiger partial charge in [-0.2, -0.15) is 4.31 Å². The smallest absolute Gasteiger partial charge is 0.217 e. The zero-order valence-electron chi connectivity index (χ0n) is 12.8. The predicted octanol–water partition coefficient (Wildman–Crippen LogP) is 1.00. The lowest BCUT2D eigenvalue weighted by atomic mass is 10.0. The van der Waals surface area contributed by atoms with E-state index in [2.05, 4.69) is 18.7 Å². The van der Waals surface area contributed by atoms with E-state index in [0.717, 1.165) is 38.8 Å². The molecule has 2 N–H and O–H groups in total. The van der Waals surface area contributed by atoms with Crippen molar-refractivity contribution < 1.29 is 8.42 Å². The van der Waals surface area contributed by atoms with Gasteiger partial charge in [-0.1, -0.05) is 19.3 Å². The highest BCUT2D eigenvalue weighted by Crippen LogP contribution is 2.27. The first-order valence-corrected chi connectivity index (χ1v) is 9.32. The number of rotatable bonds is 4. The minimum Gasteiger partial charge on any atom is -0.329 e. The number of nitrogens with two attached hydrogens (primary N) is 1. The standard InChI is InChI=1S/C14H29N3O2S/c1-14(2,12-15)16-8-10-17(11-9-16)20(18,19)13-6-4-3-5-7-13/h13H,3-12,15H2,1-2H3. The summed E-state index contributed by atoms with van der Waals surface area (Å²) >= 11 is 0. The Morgan fingerprint density at radius 3 is 2.10 bits per heavy atom. The summed E-state index contributed by atoms with van der Waals surface area (Å²) in [4.78, 5) is 2.31. The minimum absolute atomic E-state index is 0.0410. The maximum atomic E-state index is 12.6. The number of sulfonamides is 1. The lowest BCUT2D eigenvalue weighted by Crippen LogP contribution is -2.59. The SMILES string of the molecule is CC(C)(CN)N1CCN(S(=O)(=O)C2CCCCC2)CC1. The van der Waals surface area contributed by atoms with Crippen LogP contribution < -0.4 is 5.73 Å². The summed E-state index contributed by atoms with van der Waals surface area (Å²) in [6.45, 7) is 7.65. The first kappa shape index (κ1) is 16.2. The molecule has 0 amide bonds. The summed E-state index contributed by atoms with van der Waals surface area (Å²) in [5.74, 6) is 0. The van der Waals surface area contributed by atoms with Gasteiger partial charge in [-0.3, -0.25) is 4.90 Å². The van der Waals surface area contributed by atoms with Crippen LogP contribution in [0.15, 0.2) is 0 Å². The molecule has 2 rings (SSSR count). The topological polar surface area (TPSA) is 66.6 Å². The van der Waals surface area contributed by atoms with Gasteiger partial charge < -0.3 is 5.73 Å². The first-order valence-electron chi connectivity index (χ1n) is 7.82. The fourth-order valence-electron chi connectivity index (χ4n) is 3.25. The van der Waals surface area contributed by atoms with Gasteiger partial charge >= 0.3 is 0 Å². The van der Waals surface area contributed by atoms with Gasteiger partial charge in [0.2, 0.25) is 10.0 Å². The van der Waals surface area contributed by atoms with E-state index in [1.54, 1.807) is 4.31 Å². The van der Waals surface area contributed by atoms with Crippen molar-refractivity contribution in [3.05, 3.63) is 0 Å². The third-order valence-electron chi connectivity index (χ3n) is 4.93. The third-order valence-corrected chi connectivity index (χ3v) is 7.33. The lowest BCUT2D eigenvalue weighted by Gasteiger charge is -2.43. The van der Waals surface area contributed by atoms with Gasteiger partial charge in [-0.05, 0) is 26.7 Å². The van der Waals surface area contributed by atoms with Crippen LogP contribution in [0.2, 0.25) is 0 Å². The zero-order chi connectivity index (χ0) is 14.8. The average Bonchev–Trinajstić information content (AvgIpc) is 2.48. The van der Waals surface area contributed by atoms with E-state index in [-0.39, 0.29) is 10.8 Å². The fraction of sp³-hybridized carbons (Fsp3) is 1.00. The molecule has 0 aromatic rings. The molecule has 0 bridgehead atoms. The molecule has 2 aliphatic rings. The average molecular weight is 303 g/mol. The maximum Gasteiger partial charge on any atom is 0.217 e. The Bertz CT molecular complexity index is 408. The summed E-state index contributed by atoms with van der Waals surface area (Å²) in [6.07, 6.45) is 4.99. The lowest BCUT2D eigenvalue weighted by molar-refractivity contribution is 0.0845. The number of hydrogen-bond acceptors (Lipinski definition) is 4. The molecule has 0 aromatic carbocycles. The van der Waals surface area contributed by atoms with Crippen LogP contribution >= 0.6 is 0 Å². The number of piperazine rings is 1. The highest BCUT2D eigenvalue weighted by Gasteiger charge is 2.37. The highest BCUT2D eigenvalue weighted by atomic mass is 32.2. The molecule has 5 nitrogen and oxygen atoms in total. The van der Waals surface area contributed by atoms with Crippen LogP contribution in [0.3, 0.4) is 0 Å². The quantitative estimate of drug-likeness (QED) is 0.841. The van der Waals surface area contributed by atoms with Gasteiger partial charge in [0.05, 0.1) is 5.25 Å². The van der Waals surface area contributed by atoms with E-state index >= 15 is 0 Å². The van der Waals surface area contributed by atoms with Gasteiger partial charge in [-0.25, -0.2) is 8.42 Å². The Kier molecular flexibility index (Phi) is 5.10. The van der Waals surface area contributed by atoms with E-state index in [9.17, 15) is 8.42 Å². The Morgan fingerprint density at radius 1 is 1.05 bits per heavy atom. The van der Waals surface area contributed by atoms with Crippen molar-refractivity contribution in [3.63, 3.8) is 0 Å². The molecule has 1 heterocycles. The molecule has 6 heteroatoms. The second-order valence-electron chi connectivity index (χ2n) is 6.71. The number of hydrogen-bond donors (Lipinski definition) is 1. The van der Waals surface area contributed by atoms with Gasteiger partial charge in [-0.15, -0.1) is 0 Å². The molecule has 0 aromatic heterocycles. The van der Waals surface area contributed by atoms with Crippen LogP contribution in [0.1, 0.15) is 46.0 Å². The molecule has 1 aliphatic heterocycles. The van der Waals surface area contributed by atoms with Gasteiger partial charge in [0.25, 0.3) is 0 Å². The van der Waals surface area contributed by atoms with Crippen molar-refractivity contribution in [2.75, 3.05) is 32.7 Å². The van der Waals surface area contributed by atoms with Gasteiger partial charge in [0.15, 0.2) is 0 Å². The summed E-state index contributed by atoms with van der Waals surface area (Å²) in [7, 11) is -3.09. The van der Waals surface area contributed by atoms with Crippen molar-refractivity contribution in [1.82, 2.24) is 9.21 Å². The molecule has 118 valence electrons. The normalized spacial score (nSPS) is 24.9. The van der Waals surface area contributed by atoms with Crippen molar-refractivity contribution in [2.45, 2.75) is 56.7 Å².